The minimum Gasteiger partial charge on any atom is -0.490 e. The number of hydrogen-bond acceptors (Lipinski definition) is 2. The molecule has 2 heteroatoms. The molecular formula is C10H12OS. The van der Waals surface area contributed by atoms with Gasteiger partial charge in [0.15, 0.2) is 5.05 Å². The molecule has 0 fully saturated rings. The molecule has 0 saturated carbocycles. The van der Waals surface area contributed by atoms with Crippen LogP contribution in [-0.2, 0) is 4.74 Å². The largest absolute Gasteiger partial charge is 0.490 e. The molecule has 0 aliphatic rings. The first-order valence-corrected chi connectivity index (χ1v) is 4.29. The van der Waals surface area contributed by atoms with E-state index in [9.17, 15) is 0 Å². The highest BCUT2D eigenvalue weighted by molar-refractivity contribution is 7.80. The lowest BCUT2D eigenvalue weighted by molar-refractivity contribution is 0.397. The molecule has 1 aromatic rings. The summed E-state index contributed by atoms with van der Waals surface area (Å²) >= 11 is 5.04. The number of thiocarbonyl (C=S) groups is 1. The summed E-state index contributed by atoms with van der Waals surface area (Å²) in [4.78, 5) is 0. The summed E-state index contributed by atoms with van der Waals surface area (Å²) in [5.74, 6) is 0.200. The maximum Gasteiger partial charge on any atom is 0.166 e. The van der Waals surface area contributed by atoms with Crippen molar-refractivity contribution < 1.29 is 4.74 Å². The Labute approximate surface area is 78.4 Å². The molecule has 0 saturated heterocycles. The second-order valence-electron chi connectivity index (χ2n) is 2.66. The molecule has 0 amide bonds. The predicted octanol–water partition coefficient (Wildman–Crippen LogP) is 2.76. The van der Waals surface area contributed by atoms with Gasteiger partial charge in [-0.05, 0) is 17.8 Å². The third-order valence-electron chi connectivity index (χ3n) is 1.85. The first-order valence-electron chi connectivity index (χ1n) is 3.88. The van der Waals surface area contributed by atoms with E-state index in [2.05, 4.69) is 12.1 Å². The highest BCUT2D eigenvalue weighted by atomic mass is 32.1. The molecule has 1 nitrogen and oxygen atoms in total. The van der Waals surface area contributed by atoms with Crippen LogP contribution in [0.3, 0.4) is 0 Å². The lowest BCUT2D eigenvalue weighted by Crippen LogP contribution is -2.07. The zero-order valence-electron chi connectivity index (χ0n) is 7.28. The van der Waals surface area contributed by atoms with Crippen molar-refractivity contribution in [1.82, 2.24) is 0 Å². The third-order valence-corrected chi connectivity index (χ3v) is 2.37. The second-order valence-corrected chi connectivity index (χ2v) is 3.06. The Bertz CT molecular complexity index is 256. The van der Waals surface area contributed by atoms with Crippen molar-refractivity contribution in [2.45, 2.75) is 12.8 Å². The van der Waals surface area contributed by atoms with Crippen LogP contribution in [0, 0.1) is 0 Å². The molecule has 1 unspecified atom stereocenters. The Hall–Kier alpha value is -0.890. The van der Waals surface area contributed by atoms with Gasteiger partial charge in [0.1, 0.15) is 0 Å². The van der Waals surface area contributed by atoms with Gasteiger partial charge >= 0.3 is 0 Å². The molecule has 0 spiro atoms. The van der Waals surface area contributed by atoms with Crippen LogP contribution in [0.15, 0.2) is 30.3 Å². The Balaban J connectivity index is 2.78. The molecule has 0 heterocycles. The Morgan fingerprint density at radius 3 is 2.42 bits per heavy atom. The maximum atomic E-state index is 5.04. The van der Waals surface area contributed by atoms with Gasteiger partial charge in [-0.2, -0.15) is 0 Å². The van der Waals surface area contributed by atoms with Crippen LogP contribution in [0.2, 0.25) is 0 Å². The summed E-state index contributed by atoms with van der Waals surface area (Å²) in [6, 6.07) is 10.1. The van der Waals surface area contributed by atoms with Crippen molar-refractivity contribution in [3.05, 3.63) is 35.9 Å². The fourth-order valence-electron chi connectivity index (χ4n) is 1.05. The van der Waals surface area contributed by atoms with Crippen LogP contribution in [-0.4, -0.2) is 12.2 Å². The topological polar surface area (TPSA) is 9.23 Å². The normalized spacial score (nSPS) is 12.2. The predicted molar refractivity (Wildman–Crippen MR) is 54.5 cm³/mol. The van der Waals surface area contributed by atoms with Crippen molar-refractivity contribution in [1.29, 1.82) is 0 Å². The van der Waals surface area contributed by atoms with Crippen molar-refractivity contribution >= 4 is 17.3 Å². The molecule has 0 aliphatic heterocycles. The highest BCUT2D eigenvalue weighted by Gasteiger charge is 2.09. The fourth-order valence-corrected chi connectivity index (χ4v) is 1.19. The fraction of sp³-hybridized carbons (Fsp3) is 0.300. The third kappa shape index (κ3) is 2.05. The molecule has 1 rings (SSSR count). The van der Waals surface area contributed by atoms with Crippen LogP contribution < -0.4 is 0 Å². The zero-order valence-corrected chi connectivity index (χ0v) is 8.10. The number of hydrogen-bond donors (Lipinski definition) is 0. The van der Waals surface area contributed by atoms with Crippen molar-refractivity contribution in [3.63, 3.8) is 0 Å². The smallest absolute Gasteiger partial charge is 0.166 e. The van der Waals surface area contributed by atoms with E-state index in [4.69, 9.17) is 17.0 Å². The van der Waals surface area contributed by atoms with Gasteiger partial charge in [-0.1, -0.05) is 37.3 Å². The van der Waals surface area contributed by atoms with Gasteiger partial charge in [0.25, 0.3) is 0 Å². The summed E-state index contributed by atoms with van der Waals surface area (Å²) in [6.45, 7) is 2.04. The van der Waals surface area contributed by atoms with E-state index >= 15 is 0 Å². The molecular weight excluding hydrogens is 168 g/mol. The molecule has 64 valence electrons. The standard InChI is InChI=1S/C10H12OS/c1-8(10(12)11-2)9-6-4-3-5-7-9/h3-8H,1-2H3. The first kappa shape index (κ1) is 9.20. The lowest BCUT2D eigenvalue weighted by atomic mass is 10.0. The molecule has 12 heavy (non-hydrogen) atoms. The van der Waals surface area contributed by atoms with E-state index in [1.54, 1.807) is 7.11 Å². The maximum absolute atomic E-state index is 5.04. The van der Waals surface area contributed by atoms with Gasteiger partial charge < -0.3 is 4.74 Å². The van der Waals surface area contributed by atoms with Gasteiger partial charge in [-0.25, -0.2) is 0 Å². The van der Waals surface area contributed by atoms with Gasteiger partial charge in [-0.3, -0.25) is 0 Å². The molecule has 0 radical (unpaired) electrons. The highest BCUT2D eigenvalue weighted by Crippen LogP contribution is 2.16. The van der Waals surface area contributed by atoms with Crippen LogP contribution in [0.1, 0.15) is 18.4 Å². The van der Waals surface area contributed by atoms with Gasteiger partial charge in [-0.15, -0.1) is 0 Å². The lowest BCUT2D eigenvalue weighted by Gasteiger charge is -2.11. The SMILES string of the molecule is COC(=S)C(C)c1ccccc1. The van der Waals surface area contributed by atoms with Crippen LogP contribution >= 0.6 is 12.2 Å². The molecule has 1 aromatic carbocycles. The summed E-state index contributed by atoms with van der Waals surface area (Å²) in [5.41, 5.74) is 1.20. The van der Waals surface area contributed by atoms with Crippen molar-refractivity contribution in [3.8, 4) is 0 Å². The molecule has 0 N–H and O–H groups in total. The van der Waals surface area contributed by atoms with Crippen LogP contribution in [0.5, 0.6) is 0 Å². The molecule has 0 aromatic heterocycles. The van der Waals surface area contributed by atoms with E-state index in [0.717, 1.165) is 0 Å². The van der Waals surface area contributed by atoms with E-state index in [0.29, 0.717) is 5.05 Å². The van der Waals surface area contributed by atoms with E-state index < -0.39 is 0 Å². The van der Waals surface area contributed by atoms with Crippen LogP contribution in [0.25, 0.3) is 0 Å². The minimum atomic E-state index is 0.200. The van der Waals surface area contributed by atoms with E-state index in [1.165, 1.54) is 5.56 Å². The average Bonchev–Trinajstić information content (AvgIpc) is 2.17. The van der Waals surface area contributed by atoms with Gasteiger partial charge in [0.05, 0.1) is 7.11 Å². The summed E-state index contributed by atoms with van der Waals surface area (Å²) in [5, 5.41) is 0.640. The summed E-state index contributed by atoms with van der Waals surface area (Å²) in [6.07, 6.45) is 0. The van der Waals surface area contributed by atoms with Gasteiger partial charge in [0.2, 0.25) is 0 Å². The second kappa shape index (κ2) is 4.21. The molecule has 0 bridgehead atoms. The number of ether oxygens (including phenoxy) is 1. The summed E-state index contributed by atoms with van der Waals surface area (Å²) < 4.78 is 5.00. The Morgan fingerprint density at radius 2 is 1.92 bits per heavy atom. The van der Waals surface area contributed by atoms with Crippen LogP contribution in [0.4, 0.5) is 0 Å². The number of rotatable bonds is 2. The van der Waals surface area contributed by atoms with Gasteiger partial charge in [0, 0.05) is 5.92 Å². The van der Waals surface area contributed by atoms with Crippen molar-refractivity contribution in [2.24, 2.45) is 0 Å². The number of benzene rings is 1. The molecule has 1 atom stereocenters. The van der Waals surface area contributed by atoms with Crippen molar-refractivity contribution in [2.75, 3.05) is 7.11 Å². The summed E-state index contributed by atoms with van der Waals surface area (Å²) in [7, 11) is 1.61. The van der Waals surface area contributed by atoms with E-state index in [1.807, 2.05) is 25.1 Å². The Morgan fingerprint density at radius 1 is 1.33 bits per heavy atom. The number of methoxy groups -OCH3 is 1. The quantitative estimate of drug-likeness (QED) is 0.647. The van der Waals surface area contributed by atoms with E-state index in [-0.39, 0.29) is 5.92 Å². The minimum absolute atomic E-state index is 0.200. The first-order chi connectivity index (χ1) is 5.75. The average molecular weight is 180 g/mol. The monoisotopic (exact) mass is 180 g/mol. The Kier molecular flexibility index (Phi) is 3.23. The molecule has 0 aliphatic carbocycles. The zero-order chi connectivity index (χ0) is 8.97.